The minimum Gasteiger partial charge on any atom is -0.496 e. The van der Waals surface area contributed by atoms with Crippen molar-refractivity contribution >= 4 is 39.4 Å². The van der Waals surface area contributed by atoms with Gasteiger partial charge in [0.25, 0.3) is 5.56 Å². The Balaban J connectivity index is 2.05. The van der Waals surface area contributed by atoms with Crippen molar-refractivity contribution in [2.45, 2.75) is 40.2 Å². The number of fused-ring (bicyclic) bond motifs is 1. The van der Waals surface area contributed by atoms with Crippen molar-refractivity contribution in [1.29, 1.82) is 0 Å². The lowest BCUT2D eigenvalue weighted by atomic mass is 10.1. The molecule has 0 saturated heterocycles. The Bertz CT molecular complexity index is 1680. The molecule has 1 amide bonds. The van der Waals surface area contributed by atoms with Gasteiger partial charge in [0, 0.05) is 24.4 Å². The Morgan fingerprint density at radius 1 is 1.18 bits per heavy atom. The predicted molar refractivity (Wildman–Crippen MR) is 143 cm³/mol. The zero-order valence-corrected chi connectivity index (χ0v) is 22.8. The number of methoxy groups -OCH3 is 1. The van der Waals surface area contributed by atoms with E-state index in [9.17, 15) is 18.8 Å². The molecule has 0 unspecified atom stereocenters. The number of nitrogens with zero attached hydrogens (tertiary/aromatic N) is 6. The minimum absolute atomic E-state index is 0.188. The Labute approximate surface area is 220 Å². The molecule has 3 heterocycles. The van der Waals surface area contributed by atoms with Gasteiger partial charge in [0.05, 0.1) is 24.9 Å². The predicted octanol–water partition coefficient (Wildman–Crippen LogP) is 3.78. The summed E-state index contributed by atoms with van der Waals surface area (Å²) >= 11 is 1.13. The fraction of sp³-hybridized carbons (Fsp3) is 0.320. The number of aromatic nitrogens is 5. The van der Waals surface area contributed by atoms with Crippen LogP contribution in [0.5, 0.6) is 5.75 Å². The molecule has 4 rings (SSSR count). The molecule has 0 radical (unpaired) electrons. The lowest BCUT2D eigenvalue weighted by Crippen LogP contribution is -2.53. The van der Waals surface area contributed by atoms with Crippen LogP contribution in [0.4, 0.5) is 9.18 Å². The molecule has 0 atom stereocenters. The fourth-order valence-corrected chi connectivity index (χ4v) is 5.03. The molecule has 0 aliphatic carbocycles. The van der Waals surface area contributed by atoms with E-state index in [1.165, 1.54) is 60.3 Å². The number of amides is 1. The number of halogens is 1. The summed E-state index contributed by atoms with van der Waals surface area (Å²) in [6.07, 6.45) is 3.56. The number of hydrogen-bond donors (Lipinski definition) is 0. The maximum Gasteiger partial charge on any atom is 0.429 e. The molecule has 0 fully saturated rings. The van der Waals surface area contributed by atoms with Crippen LogP contribution in [0.1, 0.15) is 38.8 Å². The SMILES string of the molecule is COc1ccc(F)cc1C(C)=Cn1c(=O)n(N(C)C(=O)OC(C)(C)C)c(=O)c2c(C)c(-n3nccn3)sc21. The molecule has 38 heavy (non-hydrogen) atoms. The lowest BCUT2D eigenvalue weighted by Gasteiger charge is -2.25. The molecule has 0 N–H and O–H groups in total. The third kappa shape index (κ3) is 4.84. The van der Waals surface area contributed by atoms with E-state index in [4.69, 9.17) is 9.47 Å². The number of carbonyl (C=O) groups is 1. The van der Waals surface area contributed by atoms with E-state index in [2.05, 4.69) is 10.2 Å². The summed E-state index contributed by atoms with van der Waals surface area (Å²) in [5.74, 6) is -0.0906. The highest BCUT2D eigenvalue weighted by Gasteiger charge is 2.27. The van der Waals surface area contributed by atoms with Crippen LogP contribution in [0.2, 0.25) is 0 Å². The summed E-state index contributed by atoms with van der Waals surface area (Å²) < 4.78 is 26.8. The molecule has 0 aliphatic heterocycles. The van der Waals surface area contributed by atoms with Gasteiger partial charge in [-0.3, -0.25) is 9.36 Å². The first-order valence-corrected chi connectivity index (χ1v) is 12.3. The zero-order chi connectivity index (χ0) is 27.9. The molecule has 13 heteroatoms. The molecule has 3 aromatic heterocycles. The van der Waals surface area contributed by atoms with E-state index >= 15 is 0 Å². The normalized spacial score (nSPS) is 12.2. The van der Waals surface area contributed by atoms with Crippen LogP contribution in [0, 0.1) is 12.7 Å². The molecule has 11 nitrogen and oxygen atoms in total. The highest BCUT2D eigenvalue weighted by atomic mass is 32.1. The first kappa shape index (κ1) is 26.8. The maximum absolute atomic E-state index is 14.1. The van der Waals surface area contributed by atoms with E-state index in [-0.39, 0.29) is 5.39 Å². The van der Waals surface area contributed by atoms with E-state index in [1.54, 1.807) is 34.6 Å². The number of thiophene rings is 1. The van der Waals surface area contributed by atoms with Gasteiger partial charge in [-0.05, 0) is 58.4 Å². The molecule has 1 aromatic carbocycles. The monoisotopic (exact) mass is 542 g/mol. The Morgan fingerprint density at radius 2 is 1.84 bits per heavy atom. The second-order valence-corrected chi connectivity index (χ2v) is 10.4. The summed E-state index contributed by atoms with van der Waals surface area (Å²) in [6, 6.07) is 4.03. The topological polar surface area (TPSA) is 113 Å². The lowest BCUT2D eigenvalue weighted by molar-refractivity contribution is 0.0546. The molecule has 200 valence electrons. The third-order valence-electron chi connectivity index (χ3n) is 5.58. The number of carbonyl (C=O) groups excluding carboxylic acids is 1. The molecule has 0 bridgehead atoms. The van der Waals surface area contributed by atoms with Gasteiger partial charge in [0.2, 0.25) is 0 Å². The van der Waals surface area contributed by atoms with Gasteiger partial charge in [-0.15, -0.1) is 4.80 Å². The van der Waals surface area contributed by atoms with E-state index in [0.29, 0.717) is 37.0 Å². The van der Waals surface area contributed by atoms with Crippen molar-refractivity contribution in [3.63, 3.8) is 0 Å². The summed E-state index contributed by atoms with van der Waals surface area (Å²) in [5.41, 5.74) is -1.00. The quantitative estimate of drug-likeness (QED) is 0.377. The van der Waals surface area contributed by atoms with Gasteiger partial charge in [-0.25, -0.2) is 19.0 Å². The van der Waals surface area contributed by atoms with Crippen molar-refractivity contribution in [1.82, 2.24) is 24.2 Å². The minimum atomic E-state index is -0.892. The summed E-state index contributed by atoms with van der Waals surface area (Å²) in [4.78, 5) is 42.0. The standard InChI is InChI=1S/C25H27FN6O5S/c1-14(17-12-16(26)8-9-18(17)36-7)13-30-22-19(15(2)21(38-22)32-27-10-11-28-32)20(33)31(23(30)34)29(6)24(35)37-25(3,4)5/h8-13H,1-7H3. The van der Waals surface area contributed by atoms with Gasteiger partial charge < -0.3 is 9.47 Å². The summed E-state index contributed by atoms with van der Waals surface area (Å²) in [7, 11) is 2.73. The van der Waals surface area contributed by atoms with Crippen LogP contribution >= 0.6 is 11.3 Å². The number of aryl methyl sites for hydroxylation is 1. The Morgan fingerprint density at radius 3 is 2.45 bits per heavy atom. The van der Waals surface area contributed by atoms with Gasteiger partial charge in [0.1, 0.15) is 27.0 Å². The highest BCUT2D eigenvalue weighted by Crippen LogP contribution is 2.32. The van der Waals surface area contributed by atoms with Crippen LogP contribution in [-0.4, -0.2) is 50.1 Å². The average Bonchev–Trinajstić information content (AvgIpc) is 3.48. The van der Waals surface area contributed by atoms with Crippen molar-refractivity contribution in [3.8, 4) is 10.8 Å². The van der Waals surface area contributed by atoms with E-state index < -0.39 is 28.8 Å². The molecule has 4 aromatic rings. The summed E-state index contributed by atoms with van der Waals surface area (Å²) in [5, 5.41) is 9.84. The van der Waals surface area contributed by atoms with Crippen LogP contribution in [0.15, 0.2) is 40.2 Å². The molecule has 0 saturated carbocycles. The summed E-state index contributed by atoms with van der Waals surface area (Å²) in [6.45, 7) is 8.41. The number of benzene rings is 1. The first-order valence-electron chi connectivity index (χ1n) is 11.5. The van der Waals surface area contributed by atoms with Gasteiger partial charge in [-0.2, -0.15) is 14.9 Å². The van der Waals surface area contributed by atoms with Gasteiger partial charge in [-0.1, -0.05) is 11.3 Å². The van der Waals surface area contributed by atoms with Gasteiger partial charge >= 0.3 is 11.8 Å². The smallest absolute Gasteiger partial charge is 0.429 e. The number of rotatable bonds is 5. The van der Waals surface area contributed by atoms with Crippen LogP contribution < -0.4 is 21.0 Å². The fourth-order valence-electron chi connectivity index (χ4n) is 3.84. The Kier molecular flexibility index (Phi) is 6.98. The molecular formula is C25H27FN6O5S. The Hall–Kier alpha value is -4.26. The van der Waals surface area contributed by atoms with Crippen molar-refractivity contribution in [2.75, 3.05) is 19.2 Å². The molecule has 0 spiro atoms. The molecular weight excluding hydrogens is 515 g/mol. The number of hydrogen-bond acceptors (Lipinski definition) is 8. The third-order valence-corrected chi connectivity index (χ3v) is 6.84. The number of ether oxygens (including phenoxy) is 2. The second kappa shape index (κ2) is 9.89. The first-order chi connectivity index (χ1) is 17.8. The highest BCUT2D eigenvalue weighted by molar-refractivity contribution is 7.21. The van der Waals surface area contributed by atoms with Crippen LogP contribution in [0.3, 0.4) is 0 Å². The van der Waals surface area contributed by atoms with Crippen molar-refractivity contribution in [2.24, 2.45) is 0 Å². The number of allylic oxidation sites excluding steroid dienone is 1. The average molecular weight is 543 g/mol. The van der Waals surface area contributed by atoms with Crippen molar-refractivity contribution < 1.29 is 18.7 Å². The van der Waals surface area contributed by atoms with Crippen LogP contribution in [-0.2, 0) is 4.74 Å². The largest absolute Gasteiger partial charge is 0.496 e. The molecule has 0 aliphatic rings. The zero-order valence-electron chi connectivity index (χ0n) is 22.0. The van der Waals surface area contributed by atoms with Crippen LogP contribution in [0.25, 0.3) is 27.0 Å². The van der Waals surface area contributed by atoms with E-state index in [1.807, 2.05) is 0 Å². The van der Waals surface area contributed by atoms with E-state index in [0.717, 1.165) is 16.3 Å². The van der Waals surface area contributed by atoms with Gasteiger partial charge in [0.15, 0.2) is 0 Å². The van der Waals surface area contributed by atoms with Crippen molar-refractivity contribution in [3.05, 3.63) is 68.4 Å². The second-order valence-electron chi connectivity index (χ2n) is 9.46. The maximum atomic E-state index is 14.1.